The van der Waals surface area contributed by atoms with Crippen molar-refractivity contribution in [1.29, 1.82) is 0 Å². The number of rotatable bonds is 2. The van der Waals surface area contributed by atoms with Gasteiger partial charge in [0.1, 0.15) is 6.04 Å². The molecular weight excluding hydrogens is 326 g/mol. The van der Waals surface area contributed by atoms with Gasteiger partial charge in [0.2, 0.25) is 15.9 Å². The zero-order chi connectivity index (χ0) is 16.7. The van der Waals surface area contributed by atoms with Gasteiger partial charge in [0.25, 0.3) is 0 Å². The van der Waals surface area contributed by atoms with Gasteiger partial charge in [-0.25, -0.2) is 8.42 Å². The van der Waals surface area contributed by atoms with Crippen LogP contribution in [0.15, 0.2) is 23.1 Å². The molecule has 7 heteroatoms. The molecule has 2 fully saturated rings. The Labute approximate surface area is 142 Å². The maximum absolute atomic E-state index is 13.1. The summed E-state index contributed by atoms with van der Waals surface area (Å²) in [4.78, 5) is 14.6. The largest absolute Gasteiger partial charge is 0.353 e. The van der Waals surface area contributed by atoms with Gasteiger partial charge in [0.15, 0.2) is 0 Å². The molecule has 1 atom stereocenters. The number of nitrogens with zero attached hydrogens (tertiary/aromatic N) is 2. The van der Waals surface area contributed by atoms with Crippen molar-refractivity contribution >= 4 is 15.9 Å². The van der Waals surface area contributed by atoms with E-state index in [1.165, 1.54) is 9.87 Å². The van der Waals surface area contributed by atoms with E-state index in [1.54, 1.807) is 6.07 Å². The molecule has 1 aromatic rings. The summed E-state index contributed by atoms with van der Waals surface area (Å²) in [6, 6.07) is 5.14. The van der Waals surface area contributed by atoms with Crippen LogP contribution in [0.25, 0.3) is 0 Å². The second-order valence-corrected chi connectivity index (χ2v) is 8.78. The number of fused-ring (bicyclic) bond motifs is 2. The van der Waals surface area contributed by atoms with E-state index < -0.39 is 10.0 Å². The average molecular weight is 349 g/mol. The maximum Gasteiger partial charge on any atom is 0.243 e. The van der Waals surface area contributed by atoms with E-state index in [1.807, 2.05) is 12.1 Å². The van der Waals surface area contributed by atoms with E-state index in [9.17, 15) is 13.2 Å². The molecule has 0 saturated carbocycles. The number of carbonyl (C=O) groups excluding carboxylic acids is 1. The number of aryl methyl sites for hydroxylation is 2. The number of piperazine rings is 1. The van der Waals surface area contributed by atoms with E-state index in [0.717, 1.165) is 44.3 Å². The Hall–Kier alpha value is -1.44. The molecule has 6 nitrogen and oxygen atoms in total. The molecule has 1 amide bonds. The highest BCUT2D eigenvalue weighted by Gasteiger charge is 2.37. The molecule has 0 aromatic heterocycles. The third kappa shape index (κ3) is 2.74. The Morgan fingerprint density at radius 3 is 2.75 bits per heavy atom. The third-order valence-electron chi connectivity index (χ3n) is 5.38. The first-order chi connectivity index (χ1) is 11.6. The van der Waals surface area contributed by atoms with Crippen molar-refractivity contribution in [2.45, 2.75) is 36.6 Å². The molecule has 2 heterocycles. The first-order valence-electron chi connectivity index (χ1n) is 8.69. The molecule has 3 aliphatic rings. The summed E-state index contributed by atoms with van der Waals surface area (Å²) in [5.74, 6) is -0.0581. The van der Waals surface area contributed by atoms with Crippen LogP contribution in [-0.2, 0) is 27.7 Å². The molecule has 0 bridgehead atoms. The summed E-state index contributed by atoms with van der Waals surface area (Å²) in [5.41, 5.74) is 2.42. The van der Waals surface area contributed by atoms with Gasteiger partial charge in [-0.15, -0.1) is 0 Å². The Bertz CT molecular complexity index is 762. The van der Waals surface area contributed by atoms with Crippen LogP contribution in [-0.4, -0.2) is 62.3 Å². The fourth-order valence-corrected chi connectivity index (χ4v) is 5.57. The lowest BCUT2D eigenvalue weighted by Gasteiger charge is -2.34. The second kappa shape index (κ2) is 6.13. The summed E-state index contributed by atoms with van der Waals surface area (Å²) < 4.78 is 27.7. The van der Waals surface area contributed by atoms with Crippen molar-refractivity contribution in [2.75, 3.05) is 32.7 Å². The van der Waals surface area contributed by atoms with Crippen LogP contribution in [0.1, 0.15) is 24.0 Å². The predicted octanol–water partition coefficient (Wildman–Crippen LogP) is 0.370. The average Bonchev–Trinajstić information content (AvgIpc) is 2.92. The minimum atomic E-state index is -3.55. The standard InChI is InChI=1S/C17H23N3O3S/c21-17-16-12-20(9-2-8-19(16)10-7-18-17)24(22,23)15-6-5-13-3-1-4-14(13)11-15/h5-6,11,16H,1-4,7-10,12H2,(H,18,21). The van der Waals surface area contributed by atoms with Crippen molar-refractivity contribution in [3.8, 4) is 0 Å². The molecular formula is C17H23N3O3S. The summed E-state index contributed by atoms with van der Waals surface area (Å²) >= 11 is 0. The Balaban J connectivity index is 1.62. The molecule has 2 aliphatic heterocycles. The second-order valence-electron chi connectivity index (χ2n) is 6.84. The van der Waals surface area contributed by atoms with E-state index in [2.05, 4.69) is 10.2 Å². The van der Waals surface area contributed by atoms with E-state index >= 15 is 0 Å². The molecule has 1 aliphatic carbocycles. The van der Waals surface area contributed by atoms with Gasteiger partial charge in [-0.2, -0.15) is 4.31 Å². The molecule has 0 radical (unpaired) electrons. The fraction of sp³-hybridized carbons (Fsp3) is 0.588. The number of amides is 1. The molecule has 130 valence electrons. The Kier molecular flexibility index (Phi) is 4.10. The molecule has 0 spiro atoms. The lowest BCUT2D eigenvalue weighted by Crippen LogP contribution is -2.58. The smallest absolute Gasteiger partial charge is 0.243 e. The summed E-state index contributed by atoms with van der Waals surface area (Å²) in [7, 11) is -3.55. The van der Waals surface area contributed by atoms with Gasteiger partial charge in [-0.05, 0) is 48.9 Å². The maximum atomic E-state index is 13.1. The first-order valence-corrected chi connectivity index (χ1v) is 10.1. The highest BCUT2D eigenvalue weighted by atomic mass is 32.2. The van der Waals surface area contributed by atoms with Gasteiger partial charge >= 0.3 is 0 Å². The molecule has 24 heavy (non-hydrogen) atoms. The van der Waals surface area contributed by atoms with Crippen LogP contribution in [0.3, 0.4) is 0 Å². The lowest BCUT2D eigenvalue weighted by molar-refractivity contribution is -0.128. The van der Waals surface area contributed by atoms with Crippen molar-refractivity contribution < 1.29 is 13.2 Å². The minimum Gasteiger partial charge on any atom is -0.353 e. The number of nitrogens with one attached hydrogen (secondary N) is 1. The number of carbonyl (C=O) groups is 1. The zero-order valence-corrected chi connectivity index (χ0v) is 14.5. The number of hydrogen-bond acceptors (Lipinski definition) is 4. The van der Waals surface area contributed by atoms with E-state index in [-0.39, 0.29) is 18.5 Å². The van der Waals surface area contributed by atoms with Crippen molar-refractivity contribution in [3.63, 3.8) is 0 Å². The Morgan fingerprint density at radius 1 is 1.04 bits per heavy atom. The predicted molar refractivity (Wildman–Crippen MR) is 90.2 cm³/mol. The summed E-state index contributed by atoms with van der Waals surface area (Å²) in [6.45, 7) is 2.93. The number of benzene rings is 1. The van der Waals surface area contributed by atoms with E-state index in [4.69, 9.17) is 0 Å². The SMILES string of the molecule is O=C1NCCN2CCCN(S(=O)(=O)c3ccc4c(c3)CCC4)CC12. The number of hydrogen-bond donors (Lipinski definition) is 1. The molecule has 4 rings (SSSR count). The monoisotopic (exact) mass is 349 g/mol. The lowest BCUT2D eigenvalue weighted by atomic mass is 10.1. The summed E-state index contributed by atoms with van der Waals surface area (Å²) in [6.07, 6.45) is 3.85. The highest BCUT2D eigenvalue weighted by molar-refractivity contribution is 7.89. The van der Waals surface area contributed by atoms with Crippen LogP contribution in [0.5, 0.6) is 0 Å². The van der Waals surface area contributed by atoms with Crippen LogP contribution >= 0.6 is 0 Å². The molecule has 1 N–H and O–H groups in total. The fourth-order valence-electron chi connectivity index (χ4n) is 4.04. The number of sulfonamides is 1. The van der Waals surface area contributed by atoms with E-state index in [0.29, 0.717) is 18.0 Å². The van der Waals surface area contributed by atoms with Crippen molar-refractivity contribution in [3.05, 3.63) is 29.3 Å². The van der Waals surface area contributed by atoms with Crippen LogP contribution < -0.4 is 5.32 Å². The summed E-state index contributed by atoms with van der Waals surface area (Å²) in [5, 5.41) is 2.85. The molecule has 1 unspecified atom stereocenters. The zero-order valence-electron chi connectivity index (χ0n) is 13.7. The Morgan fingerprint density at radius 2 is 1.88 bits per heavy atom. The van der Waals surface area contributed by atoms with Crippen LogP contribution in [0.2, 0.25) is 0 Å². The molecule has 1 aromatic carbocycles. The van der Waals surface area contributed by atoms with Crippen molar-refractivity contribution in [1.82, 2.24) is 14.5 Å². The minimum absolute atomic E-state index is 0.0581. The van der Waals surface area contributed by atoms with Gasteiger partial charge < -0.3 is 5.32 Å². The van der Waals surface area contributed by atoms with Gasteiger partial charge in [0, 0.05) is 32.7 Å². The van der Waals surface area contributed by atoms with Gasteiger partial charge in [-0.1, -0.05) is 6.07 Å². The van der Waals surface area contributed by atoms with Gasteiger partial charge in [0.05, 0.1) is 4.90 Å². The normalized spacial score (nSPS) is 25.7. The highest BCUT2D eigenvalue weighted by Crippen LogP contribution is 2.27. The quantitative estimate of drug-likeness (QED) is 0.838. The van der Waals surface area contributed by atoms with Crippen LogP contribution in [0, 0.1) is 0 Å². The van der Waals surface area contributed by atoms with Gasteiger partial charge in [-0.3, -0.25) is 9.69 Å². The first kappa shape index (κ1) is 16.1. The van der Waals surface area contributed by atoms with Crippen molar-refractivity contribution in [2.24, 2.45) is 0 Å². The topological polar surface area (TPSA) is 69.7 Å². The third-order valence-corrected chi connectivity index (χ3v) is 7.24. The molecule has 2 saturated heterocycles. The van der Waals surface area contributed by atoms with Crippen LogP contribution in [0.4, 0.5) is 0 Å².